The predicted octanol–water partition coefficient (Wildman–Crippen LogP) is 0.846. The van der Waals surface area contributed by atoms with Crippen LogP contribution in [0, 0.1) is 11.6 Å². The highest BCUT2D eigenvalue weighted by atomic mass is 19.1. The SMILES string of the molecule is CC(NCCO)(C(=O)O)c1ccc(F)cc1F. The number of halogens is 2. The van der Waals surface area contributed by atoms with Gasteiger partial charge in [0.1, 0.15) is 17.2 Å². The zero-order valence-corrected chi connectivity index (χ0v) is 9.20. The first kappa shape index (κ1) is 13.5. The fourth-order valence-corrected chi connectivity index (χ4v) is 1.49. The van der Waals surface area contributed by atoms with Crippen LogP contribution in [0.3, 0.4) is 0 Å². The summed E-state index contributed by atoms with van der Waals surface area (Å²) in [5, 5.41) is 20.3. The Bertz CT molecular complexity index is 425. The number of carboxylic acids is 1. The predicted molar refractivity (Wildman–Crippen MR) is 56.4 cm³/mol. The van der Waals surface area contributed by atoms with Gasteiger partial charge in [0.05, 0.1) is 6.61 Å². The quantitative estimate of drug-likeness (QED) is 0.719. The van der Waals surface area contributed by atoms with Crippen molar-refractivity contribution in [2.24, 2.45) is 0 Å². The number of aliphatic hydroxyl groups is 1. The molecule has 0 fully saturated rings. The second-order valence-corrected chi connectivity index (χ2v) is 3.70. The van der Waals surface area contributed by atoms with Crippen LogP contribution in [0.4, 0.5) is 8.78 Å². The minimum Gasteiger partial charge on any atom is -0.480 e. The highest BCUT2D eigenvalue weighted by molar-refractivity contribution is 5.80. The number of carbonyl (C=O) groups is 1. The molecule has 0 amide bonds. The number of carboxylic acid groups (broad SMARTS) is 1. The van der Waals surface area contributed by atoms with Gasteiger partial charge in [0.2, 0.25) is 0 Å². The topological polar surface area (TPSA) is 69.6 Å². The van der Waals surface area contributed by atoms with Crippen LogP contribution in [0.15, 0.2) is 18.2 Å². The summed E-state index contributed by atoms with van der Waals surface area (Å²) in [6.45, 7) is 0.951. The number of rotatable bonds is 5. The molecule has 4 nitrogen and oxygen atoms in total. The first-order valence-electron chi connectivity index (χ1n) is 4.96. The molecule has 17 heavy (non-hydrogen) atoms. The van der Waals surface area contributed by atoms with E-state index in [1.165, 1.54) is 6.92 Å². The summed E-state index contributed by atoms with van der Waals surface area (Å²) in [4.78, 5) is 11.2. The summed E-state index contributed by atoms with van der Waals surface area (Å²) >= 11 is 0. The Hall–Kier alpha value is -1.53. The van der Waals surface area contributed by atoms with Crippen LogP contribution in [0.1, 0.15) is 12.5 Å². The minimum absolute atomic E-state index is 0.0143. The van der Waals surface area contributed by atoms with Crippen molar-refractivity contribution in [3.63, 3.8) is 0 Å². The number of aliphatic hydroxyl groups excluding tert-OH is 1. The molecule has 1 aromatic carbocycles. The van der Waals surface area contributed by atoms with Gasteiger partial charge in [-0.25, -0.2) is 13.6 Å². The summed E-state index contributed by atoms with van der Waals surface area (Å²) in [7, 11) is 0. The third-order valence-electron chi connectivity index (χ3n) is 2.49. The largest absolute Gasteiger partial charge is 0.480 e. The van der Waals surface area contributed by atoms with Crippen molar-refractivity contribution in [1.29, 1.82) is 0 Å². The van der Waals surface area contributed by atoms with Crippen molar-refractivity contribution in [1.82, 2.24) is 5.32 Å². The molecule has 3 N–H and O–H groups in total. The zero-order valence-electron chi connectivity index (χ0n) is 9.20. The molecule has 0 aliphatic rings. The summed E-state index contributed by atoms with van der Waals surface area (Å²) in [5.41, 5.74) is -1.89. The van der Waals surface area contributed by atoms with Gasteiger partial charge in [-0.2, -0.15) is 0 Å². The van der Waals surface area contributed by atoms with Crippen LogP contribution in [0.2, 0.25) is 0 Å². The summed E-state index contributed by atoms with van der Waals surface area (Å²) in [5.74, 6) is -3.03. The normalized spacial score (nSPS) is 14.4. The first-order chi connectivity index (χ1) is 7.91. The number of hydrogen-bond acceptors (Lipinski definition) is 3. The molecule has 0 bridgehead atoms. The van der Waals surface area contributed by atoms with E-state index in [0.29, 0.717) is 6.07 Å². The molecule has 0 radical (unpaired) electrons. The Morgan fingerprint density at radius 2 is 2.12 bits per heavy atom. The Labute approximate surface area is 96.9 Å². The number of aliphatic carboxylic acids is 1. The van der Waals surface area contributed by atoms with E-state index in [1.807, 2.05) is 0 Å². The Kier molecular flexibility index (Phi) is 4.14. The zero-order chi connectivity index (χ0) is 13.1. The maximum absolute atomic E-state index is 13.5. The molecule has 0 saturated heterocycles. The van der Waals surface area contributed by atoms with Crippen LogP contribution in [-0.4, -0.2) is 29.3 Å². The molecule has 0 aromatic heterocycles. The molecule has 0 heterocycles. The van der Waals surface area contributed by atoms with Crippen molar-refractivity contribution in [2.75, 3.05) is 13.2 Å². The number of hydrogen-bond donors (Lipinski definition) is 3. The molecule has 94 valence electrons. The van der Waals surface area contributed by atoms with Crippen LogP contribution < -0.4 is 5.32 Å². The summed E-state index contributed by atoms with van der Waals surface area (Å²) in [6, 6.07) is 2.68. The molecule has 0 aliphatic heterocycles. The van der Waals surface area contributed by atoms with Crippen molar-refractivity contribution in [2.45, 2.75) is 12.5 Å². The number of nitrogens with one attached hydrogen (secondary N) is 1. The Morgan fingerprint density at radius 3 is 2.59 bits per heavy atom. The van der Waals surface area contributed by atoms with E-state index >= 15 is 0 Å². The molecule has 6 heteroatoms. The standard InChI is InChI=1S/C11H13F2NO3/c1-11(10(16)17,14-4-5-15)8-3-2-7(12)6-9(8)13/h2-3,6,14-15H,4-5H2,1H3,(H,16,17). The summed E-state index contributed by atoms with van der Waals surface area (Å²) < 4.78 is 26.3. The number of benzene rings is 1. The van der Waals surface area contributed by atoms with E-state index in [9.17, 15) is 13.6 Å². The van der Waals surface area contributed by atoms with Gasteiger partial charge in [-0.05, 0) is 13.0 Å². The smallest absolute Gasteiger partial charge is 0.328 e. The third-order valence-corrected chi connectivity index (χ3v) is 2.49. The van der Waals surface area contributed by atoms with Crippen LogP contribution in [0.25, 0.3) is 0 Å². The fourth-order valence-electron chi connectivity index (χ4n) is 1.49. The van der Waals surface area contributed by atoms with E-state index in [0.717, 1.165) is 12.1 Å². The lowest BCUT2D eigenvalue weighted by atomic mass is 9.91. The van der Waals surface area contributed by atoms with Crippen molar-refractivity contribution >= 4 is 5.97 Å². The van der Waals surface area contributed by atoms with Gasteiger partial charge in [0.25, 0.3) is 0 Å². The first-order valence-corrected chi connectivity index (χ1v) is 4.96. The minimum atomic E-state index is -1.71. The molecular weight excluding hydrogens is 232 g/mol. The van der Waals surface area contributed by atoms with Gasteiger partial charge in [0, 0.05) is 18.2 Å². The lowest BCUT2D eigenvalue weighted by Crippen LogP contribution is -2.48. The van der Waals surface area contributed by atoms with Gasteiger partial charge < -0.3 is 10.2 Å². The van der Waals surface area contributed by atoms with E-state index in [2.05, 4.69) is 5.32 Å². The second-order valence-electron chi connectivity index (χ2n) is 3.70. The molecule has 1 unspecified atom stereocenters. The van der Waals surface area contributed by atoms with Gasteiger partial charge in [-0.1, -0.05) is 6.07 Å². The van der Waals surface area contributed by atoms with Gasteiger partial charge in [-0.3, -0.25) is 5.32 Å². The van der Waals surface area contributed by atoms with Crippen LogP contribution in [0.5, 0.6) is 0 Å². The highest BCUT2D eigenvalue weighted by Gasteiger charge is 2.36. The van der Waals surface area contributed by atoms with Crippen molar-refractivity contribution in [3.8, 4) is 0 Å². The van der Waals surface area contributed by atoms with Crippen LogP contribution in [-0.2, 0) is 10.3 Å². The maximum Gasteiger partial charge on any atom is 0.328 e. The van der Waals surface area contributed by atoms with Gasteiger partial charge in [0.15, 0.2) is 0 Å². The Balaban J connectivity index is 3.17. The lowest BCUT2D eigenvalue weighted by Gasteiger charge is -2.27. The summed E-state index contributed by atoms with van der Waals surface area (Å²) in [6.07, 6.45) is 0. The van der Waals surface area contributed by atoms with E-state index < -0.39 is 23.1 Å². The molecule has 0 saturated carbocycles. The van der Waals surface area contributed by atoms with Gasteiger partial charge in [-0.15, -0.1) is 0 Å². The van der Waals surface area contributed by atoms with Crippen LogP contribution >= 0.6 is 0 Å². The fraction of sp³-hybridized carbons (Fsp3) is 0.364. The Morgan fingerprint density at radius 1 is 1.47 bits per heavy atom. The molecular formula is C11H13F2NO3. The molecule has 1 rings (SSSR count). The third kappa shape index (κ3) is 2.78. The molecule has 0 aliphatic carbocycles. The molecule has 1 aromatic rings. The van der Waals surface area contributed by atoms with Crippen molar-refractivity contribution < 1.29 is 23.8 Å². The van der Waals surface area contributed by atoms with Gasteiger partial charge >= 0.3 is 5.97 Å². The maximum atomic E-state index is 13.5. The highest BCUT2D eigenvalue weighted by Crippen LogP contribution is 2.24. The molecule has 0 spiro atoms. The average Bonchev–Trinajstić information content (AvgIpc) is 2.25. The van der Waals surface area contributed by atoms with Crippen molar-refractivity contribution in [3.05, 3.63) is 35.4 Å². The van der Waals surface area contributed by atoms with E-state index in [-0.39, 0.29) is 18.7 Å². The van der Waals surface area contributed by atoms with E-state index in [4.69, 9.17) is 10.2 Å². The molecule has 1 atom stereocenters. The lowest BCUT2D eigenvalue weighted by molar-refractivity contribution is -0.144. The average molecular weight is 245 g/mol. The second kappa shape index (κ2) is 5.20. The van der Waals surface area contributed by atoms with E-state index in [1.54, 1.807) is 0 Å². The monoisotopic (exact) mass is 245 g/mol.